The molecule has 1 aromatic rings. The second kappa shape index (κ2) is 8.71. The van der Waals surface area contributed by atoms with Gasteiger partial charge in [0.1, 0.15) is 5.75 Å². The fourth-order valence-corrected chi connectivity index (χ4v) is 2.19. The second-order valence-corrected chi connectivity index (χ2v) is 5.95. The predicted molar refractivity (Wildman–Crippen MR) is 87.9 cm³/mol. The SMILES string of the molecule is CCCCCNC(=O)[C@@H](C)Oc1cc(C)ccc1C(C)C. The number of ether oxygens (including phenoxy) is 1. The number of rotatable bonds is 8. The van der Waals surface area contributed by atoms with Gasteiger partial charge in [-0.2, -0.15) is 0 Å². The van der Waals surface area contributed by atoms with Gasteiger partial charge >= 0.3 is 0 Å². The molecular weight excluding hydrogens is 262 g/mol. The van der Waals surface area contributed by atoms with Crippen LogP contribution in [0.4, 0.5) is 0 Å². The molecule has 0 saturated heterocycles. The molecule has 1 rings (SSSR count). The topological polar surface area (TPSA) is 38.3 Å². The van der Waals surface area contributed by atoms with Crippen LogP contribution < -0.4 is 10.1 Å². The maximum atomic E-state index is 12.0. The van der Waals surface area contributed by atoms with Crippen molar-refractivity contribution in [1.82, 2.24) is 5.32 Å². The highest BCUT2D eigenvalue weighted by atomic mass is 16.5. The zero-order valence-electron chi connectivity index (χ0n) is 14.0. The summed E-state index contributed by atoms with van der Waals surface area (Å²) in [5.74, 6) is 1.16. The van der Waals surface area contributed by atoms with E-state index >= 15 is 0 Å². The van der Waals surface area contributed by atoms with Crippen LogP contribution in [0.5, 0.6) is 5.75 Å². The first kappa shape index (κ1) is 17.5. The lowest BCUT2D eigenvalue weighted by Crippen LogP contribution is -2.37. The highest BCUT2D eigenvalue weighted by Gasteiger charge is 2.17. The van der Waals surface area contributed by atoms with Crippen LogP contribution in [0.3, 0.4) is 0 Å². The standard InChI is InChI=1S/C18H29NO2/c1-6-7-8-11-19-18(20)15(5)21-17-12-14(4)9-10-16(17)13(2)3/h9-10,12-13,15H,6-8,11H2,1-5H3,(H,19,20)/t15-/m1/s1. The maximum Gasteiger partial charge on any atom is 0.260 e. The van der Waals surface area contributed by atoms with Crippen molar-refractivity contribution in [2.75, 3.05) is 6.54 Å². The Morgan fingerprint density at radius 3 is 2.57 bits per heavy atom. The molecule has 1 amide bonds. The maximum absolute atomic E-state index is 12.0. The Hall–Kier alpha value is -1.51. The van der Waals surface area contributed by atoms with E-state index in [0.29, 0.717) is 5.92 Å². The summed E-state index contributed by atoms with van der Waals surface area (Å²) in [6.45, 7) is 11.0. The summed E-state index contributed by atoms with van der Waals surface area (Å²) in [5.41, 5.74) is 2.29. The van der Waals surface area contributed by atoms with Gasteiger partial charge in [-0.1, -0.05) is 45.7 Å². The van der Waals surface area contributed by atoms with Crippen molar-refractivity contribution in [2.45, 2.75) is 65.9 Å². The van der Waals surface area contributed by atoms with E-state index in [9.17, 15) is 4.79 Å². The Morgan fingerprint density at radius 1 is 1.24 bits per heavy atom. The van der Waals surface area contributed by atoms with Crippen LogP contribution in [-0.4, -0.2) is 18.6 Å². The Bertz CT molecular complexity index is 455. The Kier molecular flexibility index (Phi) is 7.27. The van der Waals surface area contributed by atoms with Crippen molar-refractivity contribution in [3.05, 3.63) is 29.3 Å². The number of carbonyl (C=O) groups is 1. The predicted octanol–water partition coefficient (Wildman–Crippen LogP) is 4.19. The minimum Gasteiger partial charge on any atom is -0.481 e. The van der Waals surface area contributed by atoms with Gasteiger partial charge in [0, 0.05) is 6.54 Å². The largest absolute Gasteiger partial charge is 0.481 e. The van der Waals surface area contributed by atoms with Crippen LogP contribution in [0, 0.1) is 6.92 Å². The van der Waals surface area contributed by atoms with Gasteiger partial charge in [0.15, 0.2) is 6.10 Å². The summed E-state index contributed by atoms with van der Waals surface area (Å²) < 4.78 is 5.89. The van der Waals surface area contributed by atoms with E-state index in [1.165, 1.54) is 0 Å². The molecule has 118 valence electrons. The van der Waals surface area contributed by atoms with E-state index in [2.05, 4.69) is 38.2 Å². The highest BCUT2D eigenvalue weighted by Crippen LogP contribution is 2.28. The molecule has 0 radical (unpaired) electrons. The monoisotopic (exact) mass is 291 g/mol. The fraction of sp³-hybridized carbons (Fsp3) is 0.611. The van der Waals surface area contributed by atoms with Crippen molar-refractivity contribution in [2.24, 2.45) is 0 Å². The van der Waals surface area contributed by atoms with E-state index in [-0.39, 0.29) is 5.91 Å². The number of benzene rings is 1. The van der Waals surface area contributed by atoms with Crippen LogP contribution in [-0.2, 0) is 4.79 Å². The van der Waals surface area contributed by atoms with Crippen LogP contribution >= 0.6 is 0 Å². The summed E-state index contributed by atoms with van der Waals surface area (Å²) in [4.78, 5) is 12.0. The third kappa shape index (κ3) is 5.78. The molecule has 0 aliphatic heterocycles. The van der Waals surface area contributed by atoms with Crippen molar-refractivity contribution in [1.29, 1.82) is 0 Å². The minimum atomic E-state index is -0.467. The Morgan fingerprint density at radius 2 is 1.95 bits per heavy atom. The molecule has 0 fully saturated rings. The lowest BCUT2D eigenvalue weighted by atomic mass is 10.0. The van der Waals surface area contributed by atoms with Gasteiger partial charge in [-0.25, -0.2) is 0 Å². The molecule has 3 heteroatoms. The summed E-state index contributed by atoms with van der Waals surface area (Å²) in [5, 5.41) is 2.94. The van der Waals surface area contributed by atoms with Crippen molar-refractivity contribution >= 4 is 5.91 Å². The van der Waals surface area contributed by atoms with Crippen LogP contribution in [0.25, 0.3) is 0 Å². The van der Waals surface area contributed by atoms with Crippen molar-refractivity contribution < 1.29 is 9.53 Å². The van der Waals surface area contributed by atoms with E-state index in [1.807, 2.05) is 19.9 Å². The molecule has 1 atom stereocenters. The lowest BCUT2D eigenvalue weighted by Gasteiger charge is -2.19. The van der Waals surface area contributed by atoms with Crippen LogP contribution in [0.1, 0.15) is 64.0 Å². The quantitative estimate of drug-likeness (QED) is 0.729. The molecule has 0 bridgehead atoms. The number of carbonyl (C=O) groups excluding carboxylic acids is 1. The number of amides is 1. The minimum absolute atomic E-state index is 0.0395. The third-order valence-electron chi connectivity index (χ3n) is 3.54. The molecular formula is C18H29NO2. The van der Waals surface area contributed by atoms with Crippen LogP contribution in [0.15, 0.2) is 18.2 Å². The smallest absolute Gasteiger partial charge is 0.260 e. The number of hydrogen-bond acceptors (Lipinski definition) is 2. The number of aryl methyl sites for hydroxylation is 1. The summed E-state index contributed by atoms with van der Waals surface area (Å²) in [7, 11) is 0. The molecule has 1 aromatic carbocycles. The van der Waals surface area contributed by atoms with Gasteiger partial charge < -0.3 is 10.1 Å². The van der Waals surface area contributed by atoms with Gasteiger partial charge in [0.2, 0.25) is 0 Å². The van der Waals surface area contributed by atoms with E-state index in [1.54, 1.807) is 0 Å². The molecule has 0 unspecified atom stereocenters. The first-order valence-electron chi connectivity index (χ1n) is 8.00. The lowest BCUT2D eigenvalue weighted by molar-refractivity contribution is -0.127. The average molecular weight is 291 g/mol. The van der Waals surface area contributed by atoms with E-state index < -0.39 is 6.10 Å². The van der Waals surface area contributed by atoms with Crippen LogP contribution in [0.2, 0.25) is 0 Å². The van der Waals surface area contributed by atoms with Gasteiger partial charge in [-0.15, -0.1) is 0 Å². The highest BCUT2D eigenvalue weighted by molar-refractivity contribution is 5.80. The normalized spacial score (nSPS) is 12.3. The molecule has 1 N–H and O–H groups in total. The Balaban J connectivity index is 2.63. The first-order valence-corrected chi connectivity index (χ1v) is 8.00. The summed E-state index contributed by atoms with van der Waals surface area (Å²) in [6, 6.07) is 6.18. The first-order chi connectivity index (χ1) is 9.95. The van der Waals surface area contributed by atoms with Crippen molar-refractivity contribution in [3.8, 4) is 5.75 Å². The Labute approximate surface area is 129 Å². The molecule has 0 spiro atoms. The second-order valence-electron chi connectivity index (χ2n) is 5.95. The number of unbranched alkanes of at least 4 members (excludes halogenated alkanes) is 2. The zero-order valence-corrected chi connectivity index (χ0v) is 14.0. The summed E-state index contributed by atoms with van der Waals surface area (Å²) in [6.07, 6.45) is 2.86. The van der Waals surface area contributed by atoms with Gasteiger partial charge in [-0.05, 0) is 43.4 Å². The average Bonchev–Trinajstić information content (AvgIpc) is 2.43. The van der Waals surface area contributed by atoms with Gasteiger partial charge in [0.05, 0.1) is 0 Å². The van der Waals surface area contributed by atoms with Gasteiger partial charge in [-0.3, -0.25) is 4.79 Å². The van der Waals surface area contributed by atoms with Gasteiger partial charge in [0.25, 0.3) is 5.91 Å². The molecule has 0 aliphatic rings. The molecule has 21 heavy (non-hydrogen) atoms. The fourth-order valence-electron chi connectivity index (χ4n) is 2.19. The number of hydrogen-bond donors (Lipinski definition) is 1. The molecule has 0 saturated carbocycles. The molecule has 0 heterocycles. The van der Waals surface area contributed by atoms with E-state index in [0.717, 1.165) is 42.7 Å². The zero-order chi connectivity index (χ0) is 15.8. The third-order valence-corrected chi connectivity index (χ3v) is 3.54. The summed E-state index contributed by atoms with van der Waals surface area (Å²) >= 11 is 0. The molecule has 0 aromatic heterocycles. The number of nitrogens with one attached hydrogen (secondary N) is 1. The molecule has 3 nitrogen and oxygen atoms in total. The van der Waals surface area contributed by atoms with Crippen molar-refractivity contribution in [3.63, 3.8) is 0 Å². The molecule has 0 aliphatic carbocycles. The van der Waals surface area contributed by atoms with E-state index in [4.69, 9.17) is 4.74 Å².